The van der Waals surface area contributed by atoms with Gasteiger partial charge in [-0.15, -0.1) is 0 Å². The standard InChI is InChI=1S/C26H21ClF3N3O2S/c27-19-11-9-17(10-12-19)13-14-33-23(34)16-22(24(35)31-20-6-2-1-3-7-20)36-25(33)32-21-8-4-5-18(15-21)26(28,29)30/h1-12,15,22H,13-14,16H2,(H,31,35). The third-order valence-corrected chi connectivity index (χ3v) is 6.85. The van der Waals surface area contributed by atoms with Gasteiger partial charge < -0.3 is 5.32 Å². The predicted octanol–water partition coefficient (Wildman–Crippen LogP) is 6.56. The van der Waals surface area contributed by atoms with Gasteiger partial charge in [-0.25, -0.2) is 4.99 Å². The number of para-hydroxylation sites is 1. The van der Waals surface area contributed by atoms with Crippen LogP contribution in [0, 0.1) is 0 Å². The monoisotopic (exact) mass is 531 g/mol. The first-order valence-electron chi connectivity index (χ1n) is 11.0. The summed E-state index contributed by atoms with van der Waals surface area (Å²) in [5, 5.41) is 2.75. The first kappa shape index (κ1) is 25.8. The predicted molar refractivity (Wildman–Crippen MR) is 136 cm³/mol. The quantitative estimate of drug-likeness (QED) is 0.392. The number of alkyl halides is 3. The van der Waals surface area contributed by atoms with Gasteiger partial charge in [-0.05, 0) is 54.4 Å². The molecule has 1 saturated heterocycles. The molecule has 3 aromatic carbocycles. The molecular weight excluding hydrogens is 511 g/mol. The average molecular weight is 532 g/mol. The number of amidine groups is 1. The summed E-state index contributed by atoms with van der Waals surface area (Å²) in [6.45, 7) is 0.248. The highest BCUT2D eigenvalue weighted by Crippen LogP contribution is 2.34. The molecule has 0 spiro atoms. The third-order valence-electron chi connectivity index (χ3n) is 5.41. The van der Waals surface area contributed by atoms with Crippen LogP contribution < -0.4 is 5.32 Å². The Morgan fingerprint density at radius 1 is 1.06 bits per heavy atom. The molecule has 186 valence electrons. The lowest BCUT2D eigenvalue weighted by Gasteiger charge is -2.32. The molecule has 10 heteroatoms. The maximum atomic E-state index is 13.2. The summed E-state index contributed by atoms with van der Waals surface area (Å²) < 4.78 is 39.6. The maximum Gasteiger partial charge on any atom is 0.416 e. The van der Waals surface area contributed by atoms with Crippen LogP contribution >= 0.6 is 23.4 Å². The molecule has 1 aliphatic rings. The Morgan fingerprint density at radius 2 is 1.78 bits per heavy atom. The number of amides is 2. The van der Waals surface area contributed by atoms with Crippen molar-refractivity contribution >= 4 is 51.7 Å². The van der Waals surface area contributed by atoms with Gasteiger partial charge in [-0.2, -0.15) is 13.2 Å². The molecule has 4 rings (SSSR count). The van der Waals surface area contributed by atoms with E-state index in [0.717, 1.165) is 29.5 Å². The second-order valence-electron chi connectivity index (χ2n) is 8.03. The fourth-order valence-corrected chi connectivity index (χ4v) is 4.81. The molecule has 2 amide bonds. The van der Waals surface area contributed by atoms with Gasteiger partial charge in [0.05, 0.1) is 11.3 Å². The maximum absolute atomic E-state index is 13.2. The zero-order valence-electron chi connectivity index (χ0n) is 18.8. The third kappa shape index (κ3) is 6.67. The second kappa shape index (κ2) is 11.2. The molecule has 1 atom stereocenters. The van der Waals surface area contributed by atoms with E-state index < -0.39 is 17.0 Å². The molecule has 1 N–H and O–H groups in total. The number of hydrogen-bond acceptors (Lipinski definition) is 4. The summed E-state index contributed by atoms with van der Waals surface area (Å²) in [7, 11) is 0. The van der Waals surface area contributed by atoms with Crippen molar-refractivity contribution in [3.8, 4) is 0 Å². The zero-order chi connectivity index (χ0) is 25.7. The molecule has 0 aliphatic carbocycles. The lowest BCUT2D eigenvalue weighted by molar-refractivity contribution is -0.137. The van der Waals surface area contributed by atoms with E-state index in [1.807, 2.05) is 18.2 Å². The molecule has 36 heavy (non-hydrogen) atoms. The fraction of sp³-hybridized carbons (Fsp3) is 0.192. The highest BCUT2D eigenvalue weighted by atomic mass is 35.5. The van der Waals surface area contributed by atoms with E-state index in [9.17, 15) is 22.8 Å². The summed E-state index contributed by atoms with van der Waals surface area (Å²) in [6, 6.07) is 20.5. The van der Waals surface area contributed by atoms with Crippen molar-refractivity contribution in [3.05, 3.63) is 95.0 Å². The molecule has 0 radical (unpaired) electrons. The first-order chi connectivity index (χ1) is 17.2. The highest BCUT2D eigenvalue weighted by Gasteiger charge is 2.36. The minimum atomic E-state index is -4.53. The largest absolute Gasteiger partial charge is 0.416 e. The number of nitrogens with one attached hydrogen (secondary N) is 1. The van der Waals surface area contributed by atoms with Crippen molar-refractivity contribution in [2.24, 2.45) is 4.99 Å². The van der Waals surface area contributed by atoms with Gasteiger partial charge in [0.2, 0.25) is 11.8 Å². The van der Waals surface area contributed by atoms with E-state index in [1.54, 1.807) is 36.4 Å². The highest BCUT2D eigenvalue weighted by molar-refractivity contribution is 8.15. The number of rotatable bonds is 6. The Bertz CT molecular complexity index is 1270. The number of carbonyl (C=O) groups is 2. The topological polar surface area (TPSA) is 61.8 Å². The van der Waals surface area contributed by atoms with Crippen molar-refractivity contribution in [2.75, 3.05) is 11.9 Å². The van der Waals surface area contributed by atoms with Crippen LogP contribution in [0.5, 0.6) is 0 Å². The lowest BCUT2D eigenvalue weighted by atomic mass is 10.1. The molecular formula is C26H21ClF3N3O2S. The van der Waals surface area contributed by atoms with Gasteiger partial charge in [0.25, 0.3) is 0 Å². The summed E-state index contributed by atoms with van der Waals surface area (Å²) in [5.74, 6) is -0.713. The molecule has 0 saturated carbocycles. The smallest absolute Gasteiger partial charge is 0.325 e. The normalized spacial score (nSPS) is 17.3. The Labute approximate surface area is 215 Å². The first-order valence-corrected chi connectivity index (χ1v) is 12.3. The lowest BCUT2D eigenvalue weighted by Crippen LogP contribution is -2.46. The van der Waals surface area contributed by atoms with Crippen LogP contribution in [0.1, 0.15) is 17.5 Å². The molecule has 1 unspecified atom stereocenters. The number of nitrogens with zero attached hydrogens (tertiary/aromatic N) is 2. The van der Waals surface area contributed by atoms with Crippen LogP contribution in [0.3, 0.4) is 0 Å². The number of aliphatic imine (C=N–C) groups is 1. The summed E-state index contributed by atoms with van der Waals surface area (Å²) in [6.07, 6.45) is -4.12. The van der Waals surface area contributed by atoms with Crippen LogP contribution in [0.15, 0.2) is 83.9 Å². The van der Waals surface area contributed by atoms with Crippen LogP contribution in [0.4, 0.5) is 24.5 Å². The SMILES string of the molecule is O=C(Nc1ccccc1)C1CC(=O)N(CCc2ccc(Cl)cc2)C(=Nc2cccc(C(F)(F)F)c2)S1. The molecule has 1 fully saturated rings. The second-order valence-corrected chi connectivity index (χ2v) is 9.64. The minimum Gasteiger partial charge on any atom is -0.325 e. The van der Waals surface area contributed by atoms with Crippen LogP contribution in [-0.2, 0) is 22.2 Å². The van der Waals surface area contributed by atoms with Crippen molar-refractivity contribution in [3.63, 3.8) is 0 Å². The Morgan fingerprint density at radius 3 is 2.47 bits per heavy atom. The van der Waals surface area contributed by atoms with E-state index in [2.05, 4.69) is 10.3 Å². The van der Waals surface area contributed by atoms with Gasteiger partial charge in [-0.1, -0.05) is 59.8 Å². The van der Waals surface area contributed by atoms with E-state index in [4.69, 9.17) is 11.6 Å². The molecule has 0 bridgehead atoms. The molecule has 1 aliphatic heterocycles. The van der Waals surface area contributed by atoms with E-state index in [1.165, 1.54) is 17.0 Å². The number of halogens is 4. The Balaban J connectivity index is 1.60. The van der Waals surface area contributed by atoms with E-state index in [-0.39, 0.29) is 35.6 Å². The van der Waals surface area contributed by atoms with Gasteiger partial charge in [0.15, 0.2) is 5.17 Å². The van der Waals surface area contributed by atoms with Gasteiger partial charge in [0, 0.05) is 23.7 Å². The number of anilines is 1. The van der Waals surface area contributed by atoms with Crippen LogP contribution in [0.2, 0.25) is 5.02 Å². The van der Waals surface area contributed by atoms with Crippen molar-refractivity contribution < 1.29 is 22.8 Å². The number of benzene rings is 3. The molecule has 3 aromatic rings. The van der Waals surface area contributed by atoms with E-state index >= 15 is 0 Å². The molecule has 1 heterocycles. The number of hydrogen-bond donors (Lipinski definition) is 1. The van der Waals surface area contributed by atoms with Gasteiger partial charge in [-0.3, -0.25) is 14.5 Å². The zero-order valence-corrected chi connectivity index (χ0v) is 20.4. The fourth-order valence-electron chi connectivity index (χ4n) is 3.56. The van der Waals surface area contributed by atoms with Crippen molar-refractivity contribution in [2.45, 2.75) is 24.3 Å². The minimum absolute atomic E-state index is 0.0423. The van der Waals surface area contributed by atoms with Crippen molar-refractivity contribution in [1.82, 2.24) is 4.90 Å². The average Bonchev–Trinajstić information content (AvgIpc) is 2.85. The van der Waals surface area contributed by atoms with Crippen LogP contribution in [-0.4, -0.2) is 33.7 Å². The van der Waals surface area contributed by atoms with Gasteiger partial charge >= 0.3 is 6.18 Å². The van der Waals surface area contributed by atoms with E-state index in [0.29, 0.717) is 17.1 Å². The Kier molecular flexibility index (Phi) is 8.01. The summed E-state index contributed by atoms with van der Waals surface area (Å²) in [4.78, 5) is 31.8. The molecule has 0 aromatic heterocycles. The molecule has 5 nitrogen and oxygen atoms in total. The summed E-state index contributed by atoms with van der Waals surface area (Å²) >= 11 is 7.00. The number of thioether (sulfide) groups is 1. The van der Waals surface area contributed by atoms with Crippen molar-refractivity contribution in [1.29, 1.82) is 0 Å². The van der Waals surface area contributed by atoms with Gasteiger partial charge in [0.1, 0.15) is 5.25 Å². The number of carbonyl (C=O) groups excluding carboxylic acids is 2. The van der Waals surface area contributed by atoms with Crippen LogP contribution in [0.25, 0.3) is 0 Å². The summed E-state index contributed by atoms with van der Waals surface area (Å²) in [5.41, 5.74) is 0.708. The Hall–Kier alpha value is -3.30.